The van der Waals surface area contributed by atoms with E-state index in [1.165, 1.54) is 4.31 Å². The van der Waals surface area contributed by atoms with E-state index in [9.17, 15) is 13.2 Å². The van der Waals surface area contributed by atoms with Gasteiger partial charge in [0.25, 0.3) is 5.91 Å². The molecule has 1 aliphatic heterocycles. The second-order valence-electron chi connectivity index (χ2n) is 7.08. The fourth-order valence-corrected chi connectivity index (χ4v) is 4.23. The number of anilines is 1. The third kappa shape index (κ3) is 5.00. The van der Waals surface area contributed by atoms with Crippen molar-refractivity contribution in [3.05, 3.63) is 53.6 Å². The Morgan fingerprint density at radius 2 is 2.03 bits per heavy atom. The van der Waals surface area contributed by atoms with Gasteiger partial charge in [-0.25, -0.2) is 8.42 Å². The van der Waals surface area contributed by atoms with Crippen molar-refractivity contribution in [3.63, 3.8) is 0 Å². The highest BCUT2D eigenvalue weighted by atomic mass is 32.2. The van der Waals surface area contributed by atoms with Crippen LogP contribution in [-0.2, 0) is 21.2 Å². The van der Waals surface area contributed by atoms with Crippen LogP contribution in [0.15, 0.2) is 42.5 Å². The largest absolute Gasteiger partial charge is 0.496 e. The lowest BCUT2D eigenvalue weighted by atomic mass is 10.1. The number of benzene rings is 2. The summed E-state index contributed by atoms with van der Waals surface area (Å²) in [5, 5.41) is 2.85. The third-order valence-electron chi connectivity index (χ3n) is 4.79. The van der Waals surface area contributed by atoms with Crippen LogP contribution >= 0.6 is 0 Å². The highest BCUT2D eigenvalue weighted by Gasteiger charge is 2.34. The maximum atomic E-state index is 12.6. The Morgan fingerprint density at radius 1 is 1.28 bits per heavy atom. The minimum atomic E-state index is -3.53. The van der Waals surface area contributed by atoms with Crippen LogP contribution < -0.4 is 19.1 Å². The SMILES string of the molecule is COc1ccccc1CCCNC(=O)C1CN(S(C)(=O)=O)c2cc(C)ccc2O1. The number of amides is 1. The zero-order valence-corrected chi connectivity index (χ0v) is 17.7. The Balaban J connectivity index is 1.62. The molecule has 1 aliphatic rings. The molecule has 2 aromatic rings. The number of aryl methyl sites for hydroxylation is 2. The number of para-hydroxylation sites is 1. The molecule has 0 aromatic heterocycles. The average molecular weight is 419 g/mol. The number of carbonyl (C=O) groups is 1. The van der Waals surface area contributed by atoms with Crippen molar-refractivity contribution in [2.45, 2.75) is 25.9 Å². The molecule has 0 saturated heterocycles. The molecule has 2 aromatic carbocycles. The van der Waals surface area contributed by atoms with E-state index in [1.807, 2.05) is 37.3 Å². The lowest BCUT2D eigenvalue weighted by molar-refractivity contribution is -0.127. The number of sulfonamides is 1. The number of nitrogens with one attached hydrogen (secondary N) is 1. The first-order valence-corrected chi connectivity index (χ1v) is 11.3. The number of ether oxygens (including phenoxy) is 2. The van der Waals surface area contributed by atoms with Gasteiger partial charge in [0, 0.05) is 6.54 Å². The van der Waals surface area contributed by atoms with E-state index < -0.39 is 16.1 Å². The van der Waals surface area contributed by atoms with Crippen LogP contribution in [0.2, 0.25) is 0 Å². The molecule has 0 aliphatic carbocycles. The van der Waals surface area contributed by atoms with Gasteiger partial charge in [-0.15, -0.1) is 0 Å². The van der Waals surface area contributed by atoms with Gasteiger partial charge in [0.15, 0.2) is 6.10 Å². The van der Waals surface area contributed by atoms with Gasteiger partial charge in [-0.2, -0.15) is 0 Å². The summed E-state index contributed by atoms with van der Waals surface area (Å²) in [6.07, 6.45) is 1.72. The standard InChI is InChI=1S/C21H26N2O5S/c1-15-10-11-19-17(13-15)23(29(3,25)26)14-20(28-19)21(24)22-12-6-8-16-7-4-5-9-18(16)27-2/h4-5,7,9-11,13,20H,6,8,12,14H2,1-3H3,(H,22,24). The zero-order valence-electron chi connectivity index (χ0n) is 16.8. The van der Waals surface area contributed by atoms with Gasteiger partial charge >= 0.3 is 0 Å². The van der Waals surface area contributed by atoms with Gasteiger partial charge < -0.3 is 14.8 Å². The van der Waals surface area contributed by atoms with Crippen molar-refractivity contribution >= 4 is 21.6 Å². The molecule has 1 N–H and O–H groups in total. The van der Waals surface area contributed by atoms with Gasteiger partial charge in [-0.1, -0.05) is 24.3 Å². The fraction of sp³-hybridized carbons (Fsp3) is 0.381. The Kier molecular flexibility index (Phi) is 6.32. The number of hydrogen-bond donors (Lipinski definition) is 1. The molecule has 8 heteroatoms. The van der Waals surface area contributed by atoms with Crippen LogP contribution in [0.4, 0.5) is 5.69 Å². The Labute approximate surface area is 171 Å². The molecule has 0 bridgehead atoms. The first-order valence-electron chi connectivity index (χ1n) is 9.44. The molecule has 0 spiro atoms. The lowest BCUT2D eigenvalue weighted by Crippen LogP contribution is -2.50. The predicted octanol–water partition coefficient (Wildman–Crippen LogP) is 2.28. The molecule has 0 fully saturated rings. The Bertz CT molecular complexity index is 990. The van der Waals surface area contributed by atoms with E-state index in [0.717, 1.165) is 36.0 Å². The van der Waals surface area contributed by atoms with Crippen molar-refractivity contribution in [1.29, 1.82) is 0 Å². The molecule has 29 heavy (non-hydrogen) atoms. The summed E-state index contributed by atoms with van der Waals surface area (Å²) in [6.45, 7) is 2.28. The minimum absolute atomic E-state index is 0.0480. The highest BCUT2D eigenvalue weighted by Crippen LogP contribution is 2.35. The monoisotopic (exact) mass is 418 g/mol. The van der Waals surface area contributed by atoms with Crippen LogP contribution in [0.25, 0.3) is 0 Å². The Morgan fingerprint density at radius 3 is 2.76 bits per heavy atom. The number of fused-ring (bicyclic) bond motifs is 1. The van der Waals surface area contributed by atoms with Crippen molar-refractivity contribution in [2.24, 2.45) is 0 Å². The zero-order chi connectivity index (χ0) is 21.0. The van der Waals surface area contributed by atoms with Crippen LogP contribution in [0.3, 0.4) is 0 Å². The predicted molar refractivity (Wildman–Crippen MR) is 112 cm³/mol. The first-order chi connectivity index (χ1) is 13.8. The van der Waals surface area contributed by atoms with E-state index in [-0.39, 0.29) is 12.5 Å². The lowest BCUT2D eigenvalue weighted by Gasteiger charge is -2.34. The molecule has 0 radical (unpaired) electrons. The second kappa shape index (κ2) is 8.73. The van der Waals surface area contributed by atoms with E-state index in [4.69, 9.17) is 9.47 Å². The van der Waals surface area contributed by atoms with Gasteiger partial charge in [0.05, 0.1) is 25.6 Å². The first kappa shape index (κ1) is 21.0. The number of hydrogen-bond acceptors (Lipinski definition) is 5. The van der Waals surface area contributed by atoms with E-state index in [2.05, 4.69) is 5.32 Å². The molecule has 0 saturated carbocycles. The van der Waals surface area contributed by atoms with E-state index >= 15 is 0 Å². The minimum Gasteiger partial charge on any atom is -0.496 e. The maximum Gasteiger partial charge on any atom is 0.263 e. The normalized spacial score (nSPS) is 16.0. The number of nitrogens with zero attached hydrogens (tertiary/aromatic N) is 1. The van der Waals surface area contributed by atoms with Gasteiger partial charge in [0.1, 0.15) is 11.5 Å². The summed E-state index contributed by atoms with van der Waals surface area (Å²) in [5.74, 6) is 0.886. The molecule has 1 amide bonds. The van der Waals surface area contributed by atoms with Gasteiger partial charge in [-0.05, 0) is 49.1 Å². The van der Waals surface area contributed by atoms with E-state index in [1.54, 1.807) is 19.2 Å². The van der Waals surface area contributed by atoms with Crippen LogP contribution in [0.1, 0.15) is 17.5 Å². The number of methoxy groups -OCH3 is 1. The molecule has 156 valence electrons. The summed E-state index contributed by atoms with van der Waals surface area (Å²) in [7, 11) is -1.90. The second-order valence-corrected chi connectivity index (χ2v) is 8.99. The summed E-state index contributed by atoms with van der Waals surface area (Å²) in [6, 6.07) is 13.0. The molecule has 1 unspecified atom stereocenters. The highest BCUT2D eigenvalue weighted by molar-refractivity contribution is 7.92. The smallest absolute Gasteiger partial charge is 0.263 e. The topological polar surface area (TPSA) is 84.9 Å². The van der Waals surface area contributed by atoms with Crippen molar-refractivity contribution in [2.75, 3.05) is 30.8 Å². The fourth-order valence-electron chi connectivity index (χ4n) is 3.33. The third-order valence-corrected chi connectivity index (χ3v) is 5.94. The van der Waals surface area contributed by atoms with E-state index in [0.29, 0.717) is 18.0 Å². The molecule has 1 atom stereocenters. The average Bonchev–Trinajstić information content (AvgIpc) is 2.69. The van der Waals surface area contributed by atoms with Gasteiger partial charge in [0.2, 0.25) is 10.0 Å². The summed E-state index contributed by atoms with van der Waals surface area (Å²) >= 11 is 0. The van der Waals surface area contributed by atoms with Crippen molar-refractivity contribution in [1.82, 2.24) is 5.32 Å². The quantitative estimate of drug-likeness (QED) is 0.698. The van der Waals surface area contributed by atoms with Crippen molar-refractivity contribution < 1.29 is 22.7 Å². The molecular weight excluding hydrogens is 392 g/mol. The molecule has 7 nitrogen and oxygen atoms in total. The molecular formula is C21H26N2O5S. The van der Waals surface area contributed by atoms with Crippen LogP contribution in [0, 0.1) is 6.92 Å². The number of carbonyl (C=O) groups excluding carboxylic acids is 1. The molecule has 1 heterocycles. The summed E-state index contributed by atoms with van der Waals surface area (Å²) in [5.41, 5.74) is 2.46. The number of rotatable bonds is 7. The van der Waals surface area contributed by atoms with Gasteiger partial charge in [-0.3, -0.25) is 9.10 Å². The van der Waals surface area contributed by atoms with Crippen LogP contribution in [0.5, 0.6) is 11.5 Å². The Hall–Kier alpha value is -2.74. The summed E-state index contributed by atoms with van der Waals surface area (Å²) < 4.78 is 36.8. The van der Waals surface area contributed by atoms with Crippen LogP contribution in [-0.4, -0.2) is 46.9 Å². The maximum absolute atomic E-state index is 12.6. The van der Waals surface area contributed by atoms with Crippen molar-refractivity contribution in [3.8, 4) is 11.5 Å². The summed E-state index contributed by atoms with van der Waals surface area (Å²) in [4.78, 5) is 12.6. The molecule has 3 rings (SSSR count).